The first kappa shape index (κ1) is 11.8. The van der Waals surface area contributed by atoms with Crippen LogP contribution in [0.4, 0.5) is 0 Å². The van der Waals surface area contributed by atoms with Gasteiger partial charge >= 0.3 is 0 Å². The molecular weight excluding hydrogens is 224 g/mol. The van der Waals surface area contributed by atoms with Crippen molar-refractivity contribution < 1.29 is 5.11 Å². The average Bonchev–Trinajstić information content (AvgIpc) is 2.67. The summed E-state index contributed by atoms with van der Waals surface area (Å²) in [6.07, 6.45) is 6.33. The maximum absolute atomic E-state index is 9.40. The van der Waals surface area contributed by atoms with E-state index in [1.807, 2.05) is 6.07 Å². The fourth-order valence-electron chi connectivity index (χ4n) is 2.19. The van der Waals surface area contributed by atoms with Crippen LogP contribution in [-0.4, -0.2) is 22.7 Å². The fraction of sp³-hybridized carbons (Fsp3) is 0.583. The molecule has 16 heavy (non-hydrogen) atoms. The summed E-state index contributed by atoms with van der Waals surface area (Å²) in [7, 11) is 0. The molecule has 2 unspecified atom stereocenters. The molecule has 1 aromatic heterocycles. The lowest BCUT2D eigenvalue weighted by Gasteiger charge is -2.11. The number of nitrogens with zero attached hydrogens (tertiary/aromatic N) is 1. The molecule has 0 aromatic carbocycles. The minimum Gasteiger partial charge on any atom is -0.393 e. The van der Waals surface area contributed by atoms with E-state index in [4.69, 9.17) is 11.6 Å². The van der Waals surface area contributed by atoms with Gasteiger partial charge in [0, 0.05) is 18.9 Å². The average molecular weight is 241 g/mol. The van der Waals surface area contributed by atoms with Crippen molar-refractivity contribution in [3.05, 3.63) is 29.0 Å². The minimum atomic E-state index is -0.0867. The van der Waals surface area contributed by atoms with Gasteiger partial charge in [-0.05, 0) is 43.4 Å². The van der Waals surface area contributed by atoms with Crippen molar-refractivity contribution in [3.63, 3.8) is 0 Å². The highest BCUT2D eigenvalue weighted by molar-refractivity contribution is 6.31. The second-order valence-electron chi connectivity index (χ2n) is 4.43. The van der Waals surface area contributed by atoms with Crippen LogP contribution in [0.1, 0.15) is 24.8 Å². The van der Waals surface area contributed by atoms with Gasteiger partial charge in [0.05, 0.1) is 11.1 Å². The molecule has 1 saturated carbocycles. The predicted molar refractivity (Wildman–Crippen MR) is 64.3 cm³/mol. The lowest BCUT2D eigenvalue weighted by atomic mass is 10.1. The molecule has 2 atom stereocenters. The van der Waals surface area contributed by atoms with Crippen LogP contribution in [0.25, 0.3) is 0 Å². The van der Waals surface area contributed by atoms with Crippen molar-refractivity contribution >= 4 is 11.6 Å². The first-order valence-corrected chi connectivity index (χ1v) is 6.10. The number of aromatic nitrogens is 1. The van der Waals surface area contributed by atoms with E-state index in [0.717, 1.165) is 37.9 Å². The molecule has 1 aliphatic carbocycles. The molecule has 4 heteroatoms. The monoisotopic (exact) mass is 240 g/mol. The van der Waals surface area contributed by atoms with Crippen molar-refractivity contribution in [2.45, 2.75) is 31.9 Å². The predicted octanol–water partition coefficient (Wildman–Crippen LogP) is 1.99. The number of hydrogen-bond acceptors (Lipinski definition) is 3. The molecule has 0 aliphatic heterocycles. The summed E-state index contributed by atoms with van der Waals surface area (Å²) < 4.78 is 0. The van der Waals surface area contributed by atoms with E-state index in [-0.39, 0.29) is 6.10 Å². The number of halogens is 1. The van der Waals surface area contributed by atoms with E-state index < -0.39 is 0 Å². The Kier molecular flexibility index (Phi) is 4.16. The summed E-state index contributed by atoms with van der Waals surface area (Å²) in [5, 5.41) is 13.5. The van der Waals surface area contributed by atoms with E-state index in [2.05, 4.69) is 10.3 Å². The van der Waals surface area contributed by atoms with Crippen LogP contribution < -0.4 is 5.32 Å². The second kappa shape index (κ2) is 5.62. The van der Waals surface area contributed by atoms with Gasteiger partial charge in [-0.15, -0.1) is 0 Å². The molecule has 1 aromatic rings. The zero-order valence-electron chi connectivity index (χ0n) is 9.19. The molecule has 2 N–H and O–H groups in total. The van der Waals surface area contributed by atoms with Gasteiger partial charge in [0.2, 0.25) is 0 Å². The standard InChI is InChI=1S/C12H17ClN2O/c13-12-8-14-4-3-10(12)7-15-6-9-1-2-11(16)5-9/h3-4,8-9,11,15-16H,1-2,5-7H2. The van der Waals surface area contributed by atoms with Crippen molar-refractivity contribution in [2.75, 3.05) is 6.54 Å². The summed E-state index contributed by atoms with van der Waals surface area (Å²) in [6, 6.07) is 1.93. The van der Waals surface area contributed by atoms with Crippen molar-refractivity contribution in [2.24, 2.45) is 5.92 Å². The molecule has 2 rings (SSSR count). The van der Waals surface area contributed by atoms with E-state index in [1.165, 1.54) is 0 Å². The van der Waals surface area contributed by atoms with Crippen LogP contribution in [0, 0.1) is 5.92 Å². The minimum absolute atomic E-state index is 0.0867. The third kappa shape index (κ3) is 3.17. The molecule has 1 heterocycles. The highest BCUT2D eigenvalue weighted by Gasteiger charge is 2.21. The quantitative estimate of drug-likeness (QED) is 0.846. The van der Waals surface area contributed by atoms with Gasteiger partial charge < -0.3 is 10.4 Å². The van der Waals surface area contributed by atoms with Crippen LogP contribution in [-0.2, 0) is 6.54 Å². The van der Waals surface area contributed by atoms with Gasteiger partial charge in [-0.1, -0.05) is 11.6 Å². The van der Waals surface area contributed by atoms with E-state index in [9.17, 15) is 5.11 Å². The van der Waals surface area contributed by atoms with Gasteiger partial charge in [-0.2, -0.15) is 0 Å². The summed E-state index contributed by atoms with van der Waals surface area (Å²) in [4.78, 5) is 3.95. The zero-order chi connectivity index (χ0) is 11.4. The summed E-state index contributed by atoms with van der Waals surface area (Å²) in [5.74, 6) is 0.607. The lowest BCUT2D eigenvalue weighted by molar-refractivity contribution is 0.177. The molecule has 0 amide bonds. The van der Waals surface area contributed by atoms with Crippen molar-refractivity contribution in [1.82, 2.24) is 10.3 Å². The molecule has 0 saturated heterocycles. The fourth-order valence-corrected chi connectivity index (χ4v) is 2.38. The zero-order valence-corrected chi connectivity index (χ0v) is 9.95. The number of aliphatic hydroxyl groups excluding tert-OH is 1. The van der Waals surface area contributed by atoms with Crippen LogP contribution in [0.5, 0.6) is 0 Å². The Morgan fingerprint density at radius 2 is 2.38 bits per heavy atom. The molecule has 0 radical (unpaired) electrons. The number of nitrogens with one attached hydrogen (secondary N) is 1. The first-order valence-electron chi connectivity index (χ1n) is 5.73. The van der Waals surface area contributed by atoms with Crippen molar-refractivity contribution in [3.8, 4) is 0 Å². The van der Waals surface area contributed by atoms with Gasteiger partial charge in [-0.3, -0.25) is 4.98 Å². The Morgan fingerprint density at radius 3 is 3.06 bits per heavy atom. The molecule has 88 valence electrons. The number of hydrogen-bond donors (Lipinski definition) is 2. The Morgan fingerprint density at radius 1 is 1.50 bits per heavy atom. The molecule has 1 aliphatic rings. The SMILES string of the molecule is OC1CCC(CNCc2ccncc2Cl)C1. The van der Waals surface area contributed by atoms with Gasteiger partial charge in [-0.25, -0.2) is 0 Å². The largest absolute Gasteiger partial charge is 0.393 e. The maximum atomic E-state index is 9.40. The molecule has 0 bridgehead atoms. The second-order valence-corrected chi connectivity index (χ2v) is 4.84. The van der Waals surface area contributed by atoms with E-state index >= 15 is 0 Å². The van der Waals surface area contributed by atoms with E-state index in [1.54, 1.807) is 12.4 Å². The Hall–Kier alpha value is -0.640. The highest BCUT2D eigenvalue weighted by Crippen LogP contribution is 2.24. The first-order chi connectivity index (χ1) is 7.75. The van der Waals surface area contributed by atoms with Crippen LogP contribution in [0.3, 0.4) is 0 Å². The Labute approximate surface area is 101 Å². The summed E-state index contributed by atoms with van der Waals surface area (Å²) in [5.41, 5.74) is 1.08. The van der Waals surface area contributed by atoms with Gasteiger partial charge in [0.1, 0.15) is 0 Å². The molecule has 1 fully saturated rings. The van der Waals surface area contributed by atoms with Gasteiger partial charge in [0.15, 0.2) is 0 Å². The summed E-state index contributed by atoms with van der Waals surface area (Å²) in [6.45, 7) is 1.73. The maximum Gasteiger partial charge on any atom is 0.0634 e. The Bertz CT molecular complexity index is 346. The molecular formula is C12H17ClN2O. The number of pyridine rings is 1. The van der Waals surface area contributed by atoms with Crippen LogP contribution in [0.2, 0.25) is 5.02 Å². The van der Waals surface area contributed by atoms with Crippen molar-refractivity contribution in [1.29, 1.82) is 0 Å². The van der Waals surface area contributed by atoms with E-state index in [0.29, 0.717) is 10.9 Å². The van der Waals surface area contributed by atoms with Crippen LogP contribution >= 0.6 is 11.6 Å². The number of aliphatic hydroxyl groups is 1. The van der Waals surface area contributed by atoms with Gasteiger partial charge in [0.25, 0.3) is 0 Å². The lowest BCUT2D eigenvalue weighted by Crippen LogP contribution is -2.21. The molecule has 3 nitrogen and oxygen atoms in total. The highest BCUT2D eigenvalue weighted by atomic mass is 35.5. The third-order valence-electron chi connectivity index (χ3n) is 3.12. The number of rotatable bonds is 4. The third-order valence-corrected chi connectivity index (χ3v) is 3.46. The molecule has 0 spiro atoms. The summed E-state index contributed by atoms with van der Waals surface area (Å²) >= 11 is 6.00. The Balaban J connectivity index is 1.74. The normalized spacial score (nSPS) is 24.9. The van der Waals surface area contributed by atoms with Crippen LogP contribution in [0.15, 0.2) is 18.5 Å². The topological polar surface area (TPSA) is 45.1 Å². The smallest absolute Gasteiger partial charge is 0.0634 e.